The first-order chi connectivity index (χ1) is 15.5. The van der Waals surface area contributed by atoms with Crippen LogP contribution in [0.1, 0.15) is 25.8 Å². The van der Waals surface area contributed by atoms with E-state index in [1.165, 1.54) is 28.9 Å². The highest BCUT2D eigenvalue weighted by atomic mass is 32.2. The zero-order valence-electron chi connectivity index (χ0n) is 18.0. The van der Waals surface area contributed by atoms with Crippen LogP contribution in [-0.4, -0.2) is 31.4 Å². The lowest BCUT2D eigenvalue weighted by molar-refractivity contribution is -0.115. The minimum absolute atomic E-state index is 0.0726. The second kappa shape index (κ2) is 12.2. The summed E-state index contributed by atoms with van der Waals surface area (Å²) < 4.78 is 4.25. The Bertz CT molecular complexity index is 1050. The van der Waals surface area contributed by atoms with Crippen LogP contribution in [0.5, 0.6) is 0 Å². The van der Waals surface area contributed by atoms with E-state index in [1.807, 2.05) is 69.3 Å². The Labute approximate surface area is 206 Å². The van der Waals surface area contributed by atoms with Gasteiger partial charge in [0.2, 0.25) is 16.2 Å². The van der Waals surface area contributed by atoms with E-state index in [0.717, 1.165) is 22.0 Å². The van der Waals surface area contributed by atoms with E-state index >= 15 is 0 Å². The van der Waals surface area contributed by atoms with E-state index in [-0.39, 0.29) is 11.2 Å². The van der Waals surface area contributed by atoms with Crippen LogP contribution in [0, 0.1) is 6.92 Å². The van der Waals surface area contributed by atoms with Gasteiger partial charge in [-0.05, 0) is 61.6 Å². The molecule has 1 unspecified atom stereocenters. The molecule has 0 spiro atoms. The van der Waals surface area contributed by atoms with E-state index in [0.29, 0.717) is 21.8 Å². The average Bonchev–Trinajstić information content (AvgIpc) is 3.21. The first-order valence-electron chi connectivity index (χ1n) is 10.2. The summed E-state index contributed by atoms with van der Waals surface area (Å²) in [6.07, 6.45) is 0.691. The highest BCUT2D eigenvalue weighted by molar-refractivity contribution is 8.00. The van der Waals surface area contributed by atoms with Crippen molar-refractivity contribution < 1.29 is 4.79 Å². The Morgan fingerprint density at radius 2 is 1.84 bits per heavy atom. The van der Waals surface area contributed by atoms with Gasteiger partial charge in [-0.15, -0.1) is 11.8 Å². The van der Waals surface area contributed by atoms with Crippen molar-refractivity contribution in [1.82, 2.24) is 9.36 Å². The summed E-state index contributed by atoms with van der Waals surface area (Å²) in [5, 5.41) is 10.8. The molecule has 2 aromatic carbocycles. The predicted octanol–water partition coefficient (Wildman–Crippen LogP) is 6.28. The van der Waals surface area contributed by atoms with Gasteiger partial charge in [-0.2, -0.15) is 9.36 Å². The smallest absolute Gasteiger partial charge is 0.239 e. The third-order valence-corrected chi connectivity index (χ3v) is 7.29. The molecular formula is C22H25N5OS4. The van der Waals surface area contributed by atoms with Crippen molar-refractivity contribution in [2.45, 2.75) is 42.5 Å². The topological polar surface area (TPSA) is 78.9 Å². The molecule has 0 saturated heterocycles. The molecule has 3 aromatic rings. The summed E-state index contributed by atoms with van der Waals surface area (Å²) in [5.74, 6) is 0.822. The molecule has 0 aliphatic carbocycles. The number of aryl methyl sites for hydroxylation is 1. The third kappa shape index (κ3) is 7.47. The van der Waals surface area contributed by atoms with Crippen LogP contribution in [-0.2, 0) is 4.79 Å². The van der Waals surface area contributed by atoms with E-state index < -0.39 is 0 Å². The molecule has 0 radical (unpaired) electrons. The maximum absolute atomic E-state index is 12.8. The van der Waals surface area contributed by atoms with E-state index in [1.54, 1.807) is 11.8 Å². The fourth-order valence-electron chi connectivity index (χ4n) is 2.70. The number of amides is 1. The summed E-state index contributed by atoms with van der Waals surface area (Å²) in [4.78, 5) is 18.1. The number of nitrogens with one attached hydrogen (secondary N) is 3. The molecule has 0 saturated carbocycles. The number of hydrogen-bond donors (Lipinski definition) is 3. The zero-order valence-corrected chi connectivity index (χ0v) is 21.3. The van der Waals surface area contributed by atoms with Gasteiger partial charge in [-0.25, -0.2) is 0 Å². The summed E-state index contributed by atoms with van der Waals surface area (Å²) in [6, 6.07) is 15.9. The van der Waals surface area contributed by atoms with Crippen molar-refractivity contribution in [3.63, 3.8) is 0 Å². The SMILES string of the molecule is CCSc1nsc(NC(=O)C(CC)Sc2cccc(NC(=S)Nc3ccc(C)cc3)c2)n1. The van der Waals surface area contributed by atoms with Gasteiger partial charge < -0.3 is 10.6 Å². The number of hydrogen-bond acceptors (Lipinski definition) is 7. The van der Waals surface area contributed by atoms with Gasteiger partial charge >= 0.3 is 0 Å². The minimum atomic E-state index is -0.242. The van der Waals surface area contributed by atoms with Crippen LogP contribution >= 0.6 is 47.3 Å². The molecule has 0 aliphatic rings. The molecule has 1 amide bonds. The fraction of sp³-hybridized carbons (Fsp3) is 0.273. The quantitative estimate of drug-likeness (QED) is 0.233. The van der Waals surface area contributed by atoms with Gasteiger partial charge in [0.05, 0.1) is 5.25 Å². The summed E-state index contributed by atoms with van der Waals surface area (Å²) in [7, 11) is 0. The third-order valence-electron chi connectivity index (χ3n) is 4.25. The Balaban J connectivity index is 1.58. The normalized spacial score (nSPS) is 11.6. The molecule has 3 rings (SSSR count). The monoisotopic (exact) mass is 503 g/mol. The van der Waals surface area contributed by atoms with Gasteiger partial charge in [0.15, 0.2) is 5.11 Å². The summed E-state index contributed by atoms with van der Waals surface area (Å²) in [5.41, 5.74) is 2.99. The maximum Gasteiger partial charge on any atom is 0.239 e. The largest absolute Gasteiger partial charge is 0.332 e. The summed E-state index contributed by atoms with van der Waals surface area (Å²) >= 11 is 9.71. The Morgan fingerprint density at radius 3 is 2.56 bits per heavy atom. The van der Waals surface area contributed by atoms with Crippen LogP contribution < -0.4 is 16.0 Å². The van der Waals surface area contributed by atoms with Crippen LogP contribution in [0.25, 0.3) is 0 Å². The van der Waals surface area contributed by atoms with Crippen molar-refractivity contribution in [3.8, 4) is 0 Å². The van der Waals surface area contributed by atoms with Crippen molar-refractivity contribution in [2.24, 2.45) is 0 Å². The number of carbonyl (C=O) groups excluding carboxylic acids is 1. The number of anilines is 3. The lowest BCUT2D eigenvalue weighted by Gasteiger charge is -2.15. The molecule has 0 bridgehead atoms. The van der Waals surface area contributed by atoms with Crippen molar-refractivity contribution >= 4 is 74.8 Å². The van der Waals surface area contributed by atoms with Crippen molar-refractivity contribution in [2.75, 3.05) is 21.7 Å². The van der Waals surface area contributed by atoms with Crippen molar-refractivity contribution in [1.29, 1.82) is 0 Å². The second-order valence-electron chi connectivity index (χ2n) is 6.79. The number of aromatic nitrogens is 2. The van der Waals surface area contributed by atoms with Crippen LogP contribution in [0.4, 0.5) is 16.5 Å². The molecule has 6 nitrogen and oxygen atoms in total. The van der Waals surface area contributed by atoms with Gasteiger partial charge in [0.25, 0.3) is 0 Å². The Morgan fingerprint density at radius 1 is 1.09 bits per heavy atom. The highest BCUT2D eigenvalue weighted by Gasteiger charge is 2.20. The number of carbonyl (C=O) groups is 1. The second-order valence-corrected chi connectivity index (χ2v) is 10.5. The number of thiocarbonyl (C=S) groups is 1. The van der Waals surface area contributed by atoms with Gasteiger partial charge in [-0.1, -0.05) is 49.4 Å². The molecule has 0 fully saturated rings. The maximum atomic E-state index is 12.8. The van der Waals surface area contributed by atoms with Crippen LogP contribution in [0.2, 0.25) is 0 Å². The van der Waals surface area contributed by atoms with E-state index in [4.69, 9.17) is 12.2 Å². The molecule has 168 valence electrons. The predicted molar refractivity (Wildman–Crippen MR) is 142 cm³/mol. The zero-order chi connectivity index (χ0) is 22.9. The average molecular weight is 504 g/mol. The highest BCUT2D eigenvalue weighted by Crippen LogP contribution is 2.29. The lowest BCUT2D eigenvalue weighted by Crippen LogP contribution is -2.24. The molecular weight excluding hydrogens is 479 g/mol. The number of benzene rings is 2. The van der Waals surface area contributed by atoms with E-state index in [2.05, 4.69) is 25.3 Å². The van der Waals surface area contributed by atoms with E-state index in [9.17, 15) is 4.79 Å². The molecule has 3 N–H and O–H groups in total. The molecule has 0 aliphatic heterocycles. The fourth-order valence-corrected chi connectivity index (χ4v) is 5.22. The first kappa shape index (κ1) is 24.5. The van der Waals surface area contributed by atoms with Gasteiger partial charge in [0.1, 0.15) is 0 Å². The van der Waals surface area contributed by atoms with Crippen LogP contribution in [0.3, 0.4) is 0 Å². The number of rotatable bonds is 9. The van der Waals surface area contributed by atoms with Crippen molar-refractivity contribution in [3.05, 3.63) is 54.1 Å². The number of thioether (sulfide) groups is 2. The Kier molecular flexibility index (Phi) is 9.34. The van der Waals surface area contributed by atoms with Gasteiger partial charge in [-0.3, -0.25) is 10.1 Å². The molecule has 1 aromatic heterocycles. The summed E-state index contributed by atoms with van der Waals surface area (Å²) in [6.45, 7) is 6.09. The Hall–Kier alpha value is -2.14. The minimum Gasteiger partial charge on any atom is -0.332 e. The number of nitrogens with zero attached hydrogens (tertiary/aromatic N) is 2. The standard InChI is InChI=1S/C22H25N5OS4/c1-4-18(19(28)25-21-26-22(27-32-21)30-5-2)31-17-8-6-7-16(13-17)24-20(29)23-15-11-9-14(3)10-12-15/h6-13,18H,4-5H2,1-3H3,(H2,23,24,29)(H,25,26,27,28). The lowest BCUT2D eigenvalue weighted by atomic mass is 10.2. The molecule has 1 atom stereocenters. The first-order valence-corrected chi connectivity index (χ1v) is 13.2. The molecule has 10 heteroatoms. The molecule has 1 heterocycles. The molecule has 32 heavy (non-hydrogen) atoms. The van der Waals surface area contributed by atoms with Crippen LogP contribution in [0.15, 0.2) is 58.6 Å². The van der Waals surface area contributed by atoms with Gasteiger partial charge in [0, 0.05) is 27.8 Å².